The van der Waals surface area contributed by atoms with Gasteiger partial charge in [-0.2, -0.15) is 0 Å². The van der Waals surface area contributed by atoms with E-state index in [0.717, 1.165) is 17.0 Å². The number of rotatable bonds is 6. The maximum absolute atomic E-state index is 12.0. The predicted octanol–water partition coefficient (Wildman–Crippen LogP) is 3.46. The maximum Gasteiger partial charge on any atom is 0.291 e. The van der Waals surface area contributed by atoms with E-state index in [-0.39, 0.29) is 11.7 Å². The average Bonchev–Trinajstić information content (AvgIpc) is 3.24. The average molecular weight is 374 g/mol. The van der Waals surface area contributed by atoms with Crippen LogP contribution in [0.1, 0.15) is 40.7 Å². The van der Waals surface area contributed by atoms with Gasteiger partial charge >= 0.3 is 0 Å². The van der Waals surface area contributed by atoms with Crippen LogP contribution in [0.15, 0.2) is 59.5 Å². The Morgan fingerprint density at radius 1 is 1.18 bits per heavy atom. The summed E-state index contributed by atoms with van der Waals surface area (Å²) in [5.74, 6) is 2.25. The van der Waals surface area contributed by atoms with Gasteiger partial charge in [-0.05, 0) is 42.7 Å². The second kappa shape index (κ2) is 6.80. The molecule has 4 aromatic rings. The number of hydrogen-bond donors (Lipinski definition) is 2. The van der Waals surface area contributed by atoms with Crippen molar-refractivity contribution >= 4 is 23.1 Å². The molecule has 8 nitrogen and oxygen atoms in total. The molecule has 0 spiro atoms. The van der Waals surface area contributed by atoms with E-state index in [2.05, 4.69) is 25.8 Å². The summed E-state index contributed by atoms with van der Waals surface area (Å²) in [7, 11) is 0. The van der Waals surface area contributed by atoms with Gasteiger partial charge in [-0.15, -0.1) is 10.2 Å². The van der Waals surface area contributed by atoms with Crippen LogP contribution < -0.4 is 10.6 Å². The monoisotopic (exact) mass is 374 g/mol. The number of amides is 1. The standard InChI is InChI=1S/C20H18N6O2/c27-20(16-2-1-11-28-16)23-15-7-3-13(4-8-15)12-22-17-19-25-24-18(14-5-6-14)26(19)10-9-21-17/h1-4,7-11,14H,5-6,12H2,(H,21,22)(H,23,27). The second-order valence-corrected chi connectivity index (χ2v) is 6.78. The zero-order chi connectivity index (χ0) is 18.9. The molecule has 8 heteroatoms. The zero-order valence-corrected chi connectivity index (χ0v) is 15.0. The molecule has 1 aliphatic rings. The van der Waals surface area contributed by atoms with Crippen LogP contribution in [-0.2, 0) is 6.54 Å². The van der Waals surface area contributed by atoms with Crippen molar-refractivity contribution in [3.8, 4) is 0 Å². The minimum absolute atomic E-state index is 0.273. The van der Waals surface area contributed by atoms with Crippen molar-refractivity contribution in [3.63, 3.8) is 0 Å². The normalized spacial score (nSPS) is 13.6. The molecule has 0 aliphatic heterocycles. The number of carbonyl (C=O) groups excluding carboxylic acids is 1. The fourth-order valence-corrected chi connectivity index (χ4v) is 3.08. The number of nitrogens with one attached hydrogen (secondary N) is 2. The molecule has 0 bridgehead atoms. The number of anilines is 2. The van der Waals surface area contributed by atoms with E-state index in [0.29, 0.717) is 24.0 Å². The van der Waals surface area contributed by atoms with Crippen LogP contribution in [0.2, 0.25) is 0 Å². The Morgan fingerprint density at radius 2 is 2.04 bits per heavy atom. The van der Waals surface area contributed by atoms with Crippen LogP contribution in [0.5, 0.6) is 0 Å². The summed E-state index contributed by atoms with van der Waals surface area (Å²) in [6.45, 7) is 0.588. The first-order valence-corrected chi connectivity index (χ1v) is 9.15. The molecule has 1 aliphatic carbocycles. The molecule has 3 heterocycles. The van der Waals surface area contributed by atoms with Crippen molar-refractivity contribution in [2.45, 2.75) is 25.3 Å². The Hall–Kier alpha value is -3.68. The van der Waals surface area contributed by atoms with Gasteiger partial charge in [0.25, 0.3) is 5.91 Å². The largest absolute Gasteiger partial charge is 0.459 e. The third kappa shape index (κ3) is 3.20. The first kappa shape index (κ1) is 16.5. The van der Waals surface area contributed by atoms with E-state index < -0.39 is 0 Å². The van der Waals surface area contributed by atoms with Crippen LogP contribution in [0.3, 0.4) is 0 Å². The molecule has 1 amide bonds. The number of fused-ring (bicyclic) bond motifs is 1. The molecule has 0 atom stereocenters. The molecular weight excluding hydrogens is 356 g/mol. The fraction of sp³-hybridized carbons (Fsp3) is 0.200. The fourth-order valence-electron chi connectivity index (χ4n) is 3.08. The van der Waals surface area contributed by atoms with Gasteiger partial charge in [-0.25, -0.2) is 4.98 Å². The van der Waals surface area contributed by atoms with Crippen molar-refractivity contribution in [1.29, 1.82) is 0 Å². The van der Waals surface area contributed by atoms with E-state index in [1.165, 1.54) is 19.1 Å². The van der Waals surface area contributed by atoms with Crippen molar-refractivity contribution in [2.24, 2.45) is 0 Å². The highest BCUT2D eigenvalue weighted by Crippen LogP contribution is 2.39. The third-order valence-electron chi connectivity index (χ3n) is 4.71. The van der Waals surface area contributed by atoms with E-state index in [4.69, 9.17) is 4.42 Å². The number of carbonyl (C=O) groups is 1. The van der Waals surface area contributed by atoms with Gasteiger partial charge in [0.05, 0.1) is 6.26 Å². The third-order valence-corrected chi connectivity index (χ3v) is 4.71. The summed E-state index contributed by atoms with van der Waals surface area (Å²) in [6.07, 6.45) is 7.49. The molecule has 5 rings (SSSR count). The smallest absolute Gasteiger partial charge is 0.291 e. The molecule has 28 heavy (non-hydrogen) atoms. The first-order chi connectivity index (χ1) is 13.8. The van der Waals surface area contributed by atoms with E-state index in [9.17, 15) is 4.79 Å². The van der Waals surface area contributed by atoms with E-state index in [1.54, 1.807) is 18.3 Å². The lowest BCUT2D eigenvalue weighted by Gasteiger charge is -2.08. The molecule has 2 N–H and O–H groups in total. The molecule has 0 radical (unpaired) electrons. The highest BCUT2D eigenvalue weighted by molar-refractivity contribution is 6.02. The van der Waals surface area contributed by atoms with Gasteiger partial charge in [-0.3, -0.25) is 9.20 Å². The minimum atomic E-state index is -0.273. The zero-order valence-electron chi connectivity index (χ0n) is 15.0. The van der Waals surface area contributed by atoms with Crippen molar-refractivity contribution in [1.82, 2.24) is 19.6 Å². The number of aromatic nitrogens is 4. The van der Waals surface area contributed by atoms with Gasteiger partial charge in [0.2, 0.25) is 5.65 Å². The topological polar surface area (TPSA) is 97.4 Å². The number of benzene rings is 1. The molecule has 0 unspecified atom stereocenters. The predicted molar refractivity (Wildman–Crippen MR) is 103 cm³/mol. The lowest BCUT2D eigenvalue weighted by molar-refractivity contribution is 0.0996. The summed E-state index contributed by atoms with van der Waals surface area (Å²) in [6, 6.07) is 10.9. The first-order valence-electron chi connectivity index (χ1n) is 9.15. The summed E-state index contributed by atoms with van der Waals surface area (Å²) >= 11 is 0. The van der Waals surface area contributed by atoms with Crippen molar-refractivity contribution in [3.05, 3.63) is 72.2 Å². The highest BCUT2D eigenvalue weighted by Gasteiger charge is 2.29. The Bertz CT molecular complexity index is 1110. The highest BCUT2D eigenvalue weighted by atomic mass is 16.3. The summed E-state index contributed by atoms with van der Waals surface area (Å²) in [5, 5.41) is 14.7. The van der Waals surface area contributed by atoms with Crippen LogP contribution in [-0.4, -0.2) is 25.5 Å². The van der Waals surface area contributed by atoms with Crippen molar-refractivity contribution in [2.75, 3.05) is 10.6 Å². The molecule has 3 aromatic heterocycles. The maximum atomic E-state index is 12.0. The Balaban J connectivity index is 1.26. The van der Waals surface area contributed by atoms with Gasteiger partial charge in [0, 0.05) is 30.5 Å². The van der Waals surface area contributed by atoms with Gasteiger partial charge < -0.3 is 15.1 Å². The Labute approximate surface area is 160 Å². The molecular formula is C20H18N6O2. The van der Waals surface area contributed by atoms with Gasteiger partial charge in [0.1, 0.15) is 5.82 Å². The lowest BCUT2D eigenvalue weighted by atomic mass is 10.2. The lowest BCUT2D eigenvalue weighted by Crippen LogP contribution is -2.10. The number of furan rings is 1. The van der Waals surface area contributed by atoms with Crippen molar-refractivity contribution < 1.29 is 9.21 Å². The Morgan fingerprint density at radius 3 is 2.79 bits per heavy atom. The quantitative estimate of drug-likeness (QED) is 0.536. The van der Waals surface area contributed by atoms with Crippen LogP contribution in [0.25, 0.3) is 5.65 Å². The summed E-state index contributed by atoms with van der Waals surface area (Å²) in [5.41, 5.74) is 2.50. The second-order valence-electron chi connectivity index (χ2n) is 6.78. The summed E-state index contributed by atoms with van der Waals surface area (Å²) in [4.78, 5) is 16.4. The van der Waals surface area contributed by atoms with Gasteiger partial charge in [-0.1, -0.05) is 12.1 Å². The van der Waals surface area contributed by atoms with E-state index >= 15 is 0 Å². The van der Waals surface area contributed by atoms with Gasteiger partial charge in [0.15, 0.2) is 11.6 Å². The molecule has 1 saturated carbocycles. The molecule has 1 fully saturated rings. The van der Waals surface area contributed by atoms with Crippen LogP contribution in [0, 0.1) is 0 Å². The van der Waals surface area contributed by atoms with Crippen LogP contribution >= 0.6 is 0 Å². The number of hydrogen-bond acceptors (Lipinski definition) is 6. The Kier molecular flexibility index (Phi) is 4.01. The van der Waals surface area contributed by atoms with Crippen LogP contribution in [0.4, 0.5) is 11.5 Å². The summed E-state index contributed by atoms with van der Waals surface area (Å²) < 4.78 is 7.11. The molecule has 140 valence electrons. The molecule has 0 saturated heterocycles. The number of nitrogens with zero attached hydrogens (tertiary/aromatic N) is 4. The SMILES string of the molecule is O=C(Nc1ccc(CNc2nccn3c(C4CC4)nnc23)cc1)c1ccco1. The molecule has 1 aromatic carbocycles. The minimum Gasteiger partial charge on any atom is -0.459 e. The van der Waals surface area contributed by atoms with E-state index in [1.807, 2.05) is 34.9 Å².